The van der Waals surface area contributed by atoms with Crippen molar-refractivity contribution in [1.82, 2.24) is 0 Å². The molecule has 3 rings (SSSR count). The molecule has 0 saturated carbocycles. The number of rotatable bonds is 6. The molecule has 1 aromatic rings. The zero-order valence-electron chi connectivity index (χ0n) is 17.3. The molecule has 1 aromatic carbocycles. The largest absolute Gasteiger partial charge is 0.394 e. The molecule has 8 N–H and O–H groups in total. The van der Waals surface area contributed by atoms with Gasteiger partial charge in [-0.05, 0) is 37.1 Å². The number of benzene rings is 1. The maximum absolute atomic E-state index is 10.6. The molecule has 11 nitrogen and oxygen atoms in total. The Bertz CT molecular complexity index is 732. The van der Waals surface area contributed by atoms with Crippen LogP contribution in [0.5, 0.6) is 0 Å². The van der Waals surface area contributed by atoms with Crippen LogP contribution in [-0.4, -0.2) is 110 Å². The smallest absolute Gasteiger partial charge is 0.187 e. The SMILES string of the molecule is Cc1ccc(N[C@H]2O[C@H](CO)[C@@H](O[C@H]3O[C@H](CO)[C@H](O)[C@H](O)[C@H]3O)[C@H](O)[C@H]2O)cc1C. The van der Waals surface area contributed by atoms with Crippen molar-refractivity contribution in [2.45, 2.75) is 75.2 Å². The molecule has 2 heterocycles. The van der Waals surface area contributed by atoms with Crippen molar-refractivity contribution in [1.29, 1.82) is 0 Å². The van der Waals surface area contributed by atoms with E-state index >= 15 is 0 Å². The van der Waals surface area contributed by atoms with E-state index in [1.54, 1.807) is 6.07 Å². The normalized spacial score (nSPS) is 41.2. The van der Waals surface area contributed by atoms with Gasteiger partial charge in [-0.15, -0.1) is 0 Å². The van der Waals surface area contributed by atoms with Gasteiger partial charge in [-0.25, -0.2) is 0 Å². The van der Waals surface area contributed by atoms with Gasteiger partial charge in [-0.2, -0.15) is 0 Å². The molecule has 0 radical (unpaired) electrons. The molecule has 2 aliphatic heterocycles. The van der Waals surface area contributed by atoms with Crippen LogP contribution in [0.15, 0.2) is 18.2 Å². The van der Waals surface area contributed by atoms with Crippen LogP contribution in [0.2, 0.25) is 0 Å². The van der Waals surface area contributed by atoms with Crippen molar-refractivity contribution >= 4 is 5.69 Å². The molecule has 10 atom stereocenters. The number of ether oxygens (including phenoxy) is 3. The maximum atomic E-state index is 10.6. The first-order valence-electron chi connectivity index (χ1n) is 10.1. The van der Waals surface area contributed by atoms with E-state index in [-0.39, 0.29) is 0 Å². The Morgan fingerprint density at radius 3 is 2.10 bits per heavy atom. The molecule has 11 heteroatoms. The number of aliphatic hydroxyl groups is 7. The Kier molecular flexibility index (Phi) is 7.86. The fourth-order valence-corrected chi connectivity index (χ4v) is 3.70. The van der Waals surface area contributed by atoms with E-state index in [9.17, 15) is 35.7 Å². The lowest BCUT2D eigenvalue weighted by atomic mass is 9.96. The molecular weight excluding hydrogens is 414 g/mol. The van der Waals surface area contributed by atoms with Gasteiger partial charge in [0.15, 0.2) is 12.5 Å². The predicted octanol–water partition coefficient (Wildman–Crippen LogP) is -2.66. The lowest BCUT2D eigenvalue weighted by molar-refractivity contribution is -0.340. The molecule has 2 fully saturated rings. The topological polar surface area (TPSA) is 181 Å². The van der Waals surface area contributed by atoms with E-state index < -0.39 is 74.6 Å². The summed E-state index contributed by atoms with van der Waals surface area (Å²) in [6, 6.07) is 5.52. The summed E-state index contributed by atoms with van der Waals surface area (Å²) in [5.41, 5.74) is 2.74. The Morgan fingerprint density at radius 1 is 0.806 bits per heavy atom. The molecule has 0 aromatic heterocycles. The van der Waals surface area contributed by atoms with Gasteiger partial charge in [0.25, 0.3) is 0 Å². The third-order valence-electron chi connectivity index (χ3n) is 5.82. The number of anilines is 1. The van der Waals surface area contributed by atoms with Crippen LogP contribution in [-0.2, 0) is 14.2 Å². The fourth-order valence-electron chi connectivity index (χ4n) is 3.70. The van der Waals surface area contributed by atoms with E-state index in [1.165, 1.54) is 0 Å². The minimum absolute atomic E-state index is 0.586. The first kappa shape index (κ1) is 24.3. The quantitative estimate of drug-likeness (QED) is 0.229. The van der Waals surface area contributed by atoms with Crippen LogP contribution in [0.3, 0.4) is 0 Å². The van der Waals surface area contributed by atoms with E-state index in [2.05, 4.69) is 5.32 Å². The Morgan fingerprint density at radius 2 is 1.48 bits per heavy atom. The van der Waals surface area contributed by atoms with Crippen molar-refractivity contribution in [3.8, 4) is 0 Å². The van der Waals surface area contributed by atoms with Crippen LogP contribution in [0, 0.1) is 13.8 Å². The van der Waals surface area contributed by atoms with Crippen LogP contribution in [0.1, 0.15) is 11.1 Å². The lowest BCUT2D eigenvalue weighted by Gasteiger charge is -2.46. The molecule has 2 saturated heterocycles. The van der Waals surface area contributed by atoms with E-state index in [0.29, 0.717) is 5.69 Å². The first-order valence-corrected chi connectivity index (χ1v) is 10.1. The van der Waals surface area contributed by atoms with Gasteiger partial charge in [-0.3, -0.25) is 0 Å². The van der Waals surface area contributed by atoms with Crippen LogP contribution in [0.25, 0.3) is 0 Å². The van der Waals surface area contributed by atoms with Gasteiger partial charge in [-0.1, -0.05) is 6.07 Å². The van der Waals surface area contributed by atoms with Crippen LogP contribution < -0.4 is 5.32 Å². The molecule has 0 bridgehead atoms. The summed E-state index contributed by atoms with van der Waals surface area (Å²) >= 11 is 0. The minimum atomic E-state index is -1.70. The van der Waals surface area contributed by atoms with E-state index in [1.807, 2.05) is 26.0 Å². The fraction of sp³-hybridized carbons (Fsp3) is 0.700. The molecular formula is C20H31NO10. The summed E-state index contributed by atoms with van der Waals surface area (Å²) in [5, 5.41) is 73.2. The summed E-state index contributed by atoms with van der Waals surface area (Å²) in [4.78, 5) is 0. The maximum Gasteiger partial charge on any atom is 0.187 e. The van der Waals surface area contributed by atoms with E-state index in [0.717, 1.165) is 11.1 Å². The number of aliphatic hydroxyl groups excluding tert-OH is 7. The number of nitrogens with one attached hydrogen (secondary N) is 1. The third-order valence-corrected chi connectivity index (χ3v) is 5.82. The Hall–Kier alpha value is -1.38. The van der Waals surface area contributed by atoms with Gasteiger partial charge < -0.3 is 55.3 Å². The van der Waals surface area contributed by atoms with Gasteiger partial charge in [0.2, 0.25) is 0 Å². The van der Waals surface area contributed by atoms with Gasteiger partial charge in [0, 0.05) is 5.69 Å². The molecule has 0 amide bonds. The van der Waals surface area contributed by atoms with E-state index in [4.69, 9.17) is 14.2 Å². The first-order chi connectivity index (χ1) is 14.7. The second-order valence-electron chi connectivity index (χ2n) is 8.00. The highest BCUT2D eigenvalue weighted by Crippen LogP contribution is 2.30. The second kappa shape index (κ2) is 10.0. The predicted molar refractivity (Wildman–Crippen MR) is 106 cm³/mol. The average Bonchev–Trinajstić information content (AvgIpc) is 2.75. The highest BCUT2D eigenvalue weighted by molar-refractivity contribution is 5.48. The second-order valence-corrected chi connectivity index (χ2v) is 8.00. The molecule has 2 aliphatic rings. The highest BCUT2D eigenvalue weighted by Gasteiger charge is 2.50. The summed E-state index contributed by atoms with van der Waals surface area (Å²) in [7, 11) is 0. The minimum Gasteiger partial charge on any atom is -0.394 e. The zero-order valence-corrected chi connectivity index (χ0v) is 17.3. The molecule has 31 heavy (non-hydrogen) atoms. The van der Waals surface area contributed by atoms with Crippen LogP contribution in [0.4, 0.5) is 5.69 Å². The highest BCUT2D eigenvalue weighted by atomic mass is 16.7. The van der Waals surface area contributed by atoms with Gasteiger partial charge in [0.05, 0.1) is 13.2 Å². The van der Waals surface area contributed by atoms with Crippen molar-refractivity contribution in [3.05, 3.63) is 29.3 Å². The van der Waals surface area contributed by atoms with Crippen molar-refractivity contribution < 1.29 is 50.0 Å². The summed E-state index contributed by atoms with van der Waals surface area (Å²) in [5.74, 6) is 0. The summed E-state index contributed by atoms with van der Waals surface area (Å²) < 4.78 is 16.5. The Labute approximate surface area is 179 Å². The molecule has 176 valence electrons. The lowest BCUT2D eigenvalue weighted by Crippen LogP contribution is -2.65. The third kappa shape index (κ3) is 5.01. The number of aryl methyl sites for hydroxylation is 2. The van der Waals surface area contributed by atoms with Crippen LogP contribution >= 0.6 is 0 Å². The summed E-state index contributed by atoms with van der Waals surface area (Å²) in [6.45, 7) is 2.64. The van der Waals surface area contributed by atoms with Gasteiger partial charge in [0.1, 0.15) is 48.8 Å². The van der Waals surface area contributed by atoms with Crippen molar-refractivity contribution in [2.75, 3.05) is 18.5 Å². The molecule has 0 aliphatic carbocycles. The zero-order chi connectivity index (χ0) is 22.9. The Balaban J connectivity index is 1.72. The number of hydrogen-bond donors (Lipinski definition) is 8. The number of hydrogen-bond acceptors (Lipinski definition) is 11. The standard InChI is InChI=1S/C20H31NO10/c1-8-3-4-10(5-9(8)2)21-19-16(27)15(26)18(12(7-23)29-19)31-20-17(28)14(25)13(24)11(6-22)30-20/h3-5,11-28H,6-7H2,1-2H3/t11-,12-,13+,14+,15-,16-,17-,18-,19+,20-/m1/s1. The molecule has 0 unspecified atom stereocenters. The monoisotopic (exact) mass is 445 g/mol. The van der Waals surface area contributed by atoms with Gasteiger partial charge >= 0.3 is 0 Å². The average molecular weight is 445 g/mol. The van der Waals surface area contributed by atoms with Crippen molar-refractivity contribution in [3.63, 3.8) is 0 Å². The van der Waals surface area contributed by atoms with Crippen molar-refractivity contribution in [2.24, 2.45) is 0 Å². The summed E-state index contributed by atoms with van der Waals surface area (Å²) in [6.07, 6.45) is -14.2. The molecule has 0 spiro atoms.